The van der Waals surface area contributed by atoms with Gasteiger partial charge in [0.05, 0.1) is 30.6 Å². The summed E-state index contributed by atoms with van der Waals surface area (Å²) in [4.78, 5) is 13.3. The van der Waals surface area contributed by atoms with E-state index in [2.05, 4.69) is 20.4 Å². The molecule has 3 aromatic heterocycles. The van der Waals surface area contributed by atoms with Gasteiger partial charge >= 0.3 is 0 Å². The summed E-state index contributed by atoms with van der Waals surface area (Å²) in [6, 6.07) is 14.9. The van der Waals surface area contributed by atoms with E-state index in [0.29, 0.717) is 28.4 Å². The topological polar surface area (TPSA) is 95.9 Å². The second-order valence-electron chi connectivity index (χ2n) is 7.05. The van der Waals surface area contributed by atoms with Crippen molar-refractivity contribution < 1.29 is 13.9 Å². The number of aromatic nitrogens is 5. The maximum atomic E-state index is 13.3. The smallest absolute Gasteiger partial charge is 0.289 e. The van der Waals surface area contributed by atoms with Crippen molar-refractivity contribution in [1.82, 2.24) is 25.0 Å². The highest BCUT2D eigenvalue weighted by Gasteiger charge is 2.23. The number of ether oxygens (including phenoxy) is 1. The quantitative estimate of drug-likeness (QED) is 0.357. The minimum Gasteiger partial charge on any atom is -0.497 e. The Balaban J connectivity index is 1.56. The highest BCUT2D eigenvalue weighted by molar-refractivity contribution is 6.30. The molecule has 32 heavy (non-hydrogen) atoms. The lowest BCUT2D eigenvalue weighted by atomic mass is 10.1. The number of carbonyl (C=O) groups is 1. The molecule has 0 atom stereocenters. The van der Waals surface area contributed by atoms with Crippen LogP contribution in [-0.4, -0.2) is 37.9 Å². The third-order valence-electron chi connectivity index (χ3n) is 5.05. The molecule has 0 aliphatic heterocycles. The maximum absolute atomic E-state index is 13.3. The first kappa shape index (κ1) is 19.9. The Labute approximate surface area is 187 Å². The second kappa shape index (κ2) is 8.24. The van der Waals surface area contributed by atoms with E-state index in [1.165, 1.54) is 12.4 Å². The number of halogens is 1. The summed E-state index contributed by atoms with van der Waals surface area (Å²) in [7, 11) is 1.58. The van der Waals surface area contributed by atoms with Gasteiger partial charge in [-0.3, -0.25) is 4.79 Å². The summed E-state index contributed by atoms with van der Waals surface area (Å²) >= 11 is 6.01. The van der Waals surface area contributed by atoms with Gasteiger partial charge in [0.25, 0.3) is 11.7 Å². The van der Waals surface area contributed by atoms with Gasteiger partial charge in [0, 0.05) is 28.7 Å². The van der Waals surface area contributed by atoms with E-state index >= 15 is 0 Å². The van der Waals surface area contributed by atoms with Crippen LogP contribution in [0.5, 0.6) is 5.75 Å². The molecule has 5 aromatic rings. The number of benzene rings is 2. The number of ketones is 1. The number of hydrogen-bond acceptors (Lipinski definition) is 7. The van der Waals surface area contributed by atoms with Gasteiger partial charge in [0.15, 0.2) is 0 Å². The summed E-state index contributed by atoms with van der Waals surface area (Å²) in [5.74, 6) is 0.361. The van der Waals surface area contributed by atoms with Crippen LogP contribution < -0.4 is 4.74 Å². The molecule has 0 radical (unpaired) electrons. The van der Waals surface area contributed by atoms with Crippen LogP contribution in [0, 0.1) is 0 Å². The summed E-state index contributed by atoms with van der Waals surface area (Å²) in [5.41, 5.74) is 2.95. The van der Waals surface area contributed by atoms with Crippen molar-refractivity contribution in [2.24, 2.45) is 0 Å². The maximum Gasteiger partial charge on any atom is 0.289 e. The molecule has 0 spiro atoms. The van der Waals surface area contributed by atoms with Crippen LogP contribution in [0.2, 0.25) is 5.02 Å². The molecule has 0 bridgehead atoms. The molecule has 0 saturated heterocycles. The van der Waals surface area contributed by atoms with Crippen molar-refractivity contribution >= 4 is 28.3 Å². The Morgan fingerprint density at radius 2 is 1.94 bits per heavy atom. The predicted molar refractivity (Wildman–Crippen MR) is 118 cm³/mol. The van der Waals surface area contributed by atoms with Gasteiger partial charge in [0.2, 0.25) is 5.89 Å². The van der Waals surface area contributed by atoms with Gasteiger partial charge in [0.1, 0.15) is 5.75 Å². The molecule has 8 nitrogen and oxygen atoms in total. The van der Waals surface area contributed by atoms with Crippen LogP contribution in [0.25, 0.3) is 22.4 Å². The van der Waals surface area contributed by atoms with Gasteiger partial charge in [-0.1, -0.05) is 23.7 Å². The highest BCUT2D eigenvalue weighted by atomic mass is 35.5. The number of methoxy groups -OCH3 is 1. The van der Waals surface area contributed by atoms with Crippen molar-refractivity contribution in [2.45, 2.75) is 6.54 Å². The number of nitrogens with zero attached hydrogens (tertiary/aromatic N) is 5. The number of carbonyl (C=O) groups excluding carboxylic acids is 1. The first-order chi connectivity index (χ1) is 15.6. The molecular weight excluding hydrogens is 430 g/mol. The minimum absolute atomic E-state index is 0.106. The molecule has 9 heteroatoms. The van der Waals surface area contributed by atoms with Gasteiger partial charge < -0.3 is 13.7 Å². The Morgan fingerprint density at radius 3 is 2.69 bits per heavy atom. The Hall–Kier alpha value is -4.04. The second-order valence-corrected chi connectivity index (χ2v) is 7.49. The first-order valence-electron chi connectivity index (χ1n) is 9.69. The third kappa shape index (κ3) is 3.72. The van der Waals surface area contributed by atoms with Crippen LogP contribution in [0.1, 0.15) is 21.8 Å². The summed E-state index contributed by atoms with van der Waals surface area (Å²) in [6.07, 6.45) is 4.79. The lowest BCUT2D eigenvalue weighted by molar-refractivity contribution is 0.100. The fourth-order valence-electron chi connectivity index (χ4n) is 3.47. The largest absolute Gasteiger partial charge is 0.497 e. The van der Waals surface area contributed by atoms with Crippen LogP contribution in [0.15, 0.2) is 71.5 Å². The molecule has 0 unspecified atom stereocenters. The predicted octanol–water partition coefficient (Wildman–Crippen LogP) is 4.42. The van der Waals surface area contributed by atoms with E-state index in [1.807, 2.05) is 47.0 Å². The number of hydrogen-bond donors (Lipinski definition) is 0. The molecular formula is C23H16ClN5O3. The molecule has 0 fully saturated rings. The zero-order chi connectivity index (χ0) is 22.1. The van der Waals surface area contributed by atoms with E-state index in [9.17, 15) is 4.79 Å². The van der Waals surface area contributed by atoms with Gasteiger partial charge in [-0.2, -0.15) is 10.2 Å². The average Bonchev–Trinajstić information content (AvgIpc) is 3.46. The summed E-state index contributed by atoms with van der Waals surface area (Å²) < 4.78 is 13.0. The molecule has 0 saturated carbocycles. The van der Waals surface area contributed by atoms with Crippen molar-refractivity contribution in [3.63, 3.8) is 0 Å². The molecule has 5 rings (SSSR count). The van der Waals surface area contributed by atoms with Crippen LogP contribution in [0.4, 0.5) is 0 Å². The Morgan fingerprint density at radius 1 is 1.09 bits per heavy atom. The third-order valence-corrected chi connectivity index (χ3v) is 5.30. The first-order valence-corrected chi connectivity index (χ1v) is 10.1. The standard InChI is InChI=1S/C23H16ClN5O3/c1-31-17-6-7-20-18(10-17)19(13-29(20)12-14-2-4-16(24)5-3-14)21(30)23-28-27-22(32-23)15-8-9-25-26-11-15/h2-11,13H,12H2,1H3. The van der Waals surface area contributed by atoms with Crippen molar-refractivity contribution in [3.05, 3.63) is 89.2 Å². The lowest BCUT2D eigenvalue weighted by Gasteiger charge is -2.06. The number of rotatable bonds is 6. The molecule has 0 amide bonds. The summed E-state index contributed by atoms with van der Waals surface area (Å²) in [6.45, 7) is 0.561. The molecule has 158 valence electrons. The fourth-order valence-corrected chi connectivity index (χ4v) is 3.59. The van der Waals surface area contributed by atoms with Gasteiger partial charge in [-0.15, -0.1) is 10.2 Å². The van der Waals surface area contributed by atoms with E-state index in [0.717, 1.165) is 16.5 Å². The highest BCUT2D eigenvalue weighted by Crippen LogP contribution is 2.29. The molecule has 0 N–H and O–H groups in total. The van der Waals surface area contributed by atoms with Gasteiger partial charge in [-0.25, -0.2) is 0 Å². The van der Waals surface area contributed by atoms with Crippen molar-refractivity contribution in [2.75, 3.05) is 7.11 Å². The zero-order valence-electron chi connectivity index (χ0n) is 16.9. The summed E-state index contributed by atoms with van der Waals surface area (Å²) in [5, 5.41) is 16.8. The lowest BCUT2D eigenvalue weighted by Crippen LogP contribution is -2.02. The zero-order valence-corrected chi connectivity index (χ0v) is 17.7. The van der Waals surface area contributed by atoms with Gasteiger partial charge in [-0.05, 0) is 42.0 Å². The monoisotopic (exact) mass is 445 g/mol. The SMILES string of the molecule is COc1ccc2c(c1)c(C(=O)c1nnc(-c3ccnnc3)o1)cn2Cc1ccc(Cl)cc1. The van der Waals surface area contributed by atoms with Crippen molar-refractivity contribution in [3.8, 4) is 17.2 Å². The normalized spacial score (nSPS) is 11.1. The Bertz CT molecular complexity index is 1410. The van der Waals surface area contributed by atoms with Crippen LogP contribution >= 0.6 is 11.6 Å². The Kier molecular flexibility index (Phi) is 5.12. The molecule has 0 aliphatic rings. The minimum atomic E-state index is -0.376. The average molecular weight is 446 g/mol. The van der Waals surface area contributed by atoms with E-state index in [-0.39, 0.29) is 17.6 Å². The molecule has 2 aromatic carbocycles. The van der Waals surface area contributed by atoms with Crippen molar-refractivity contribution in [1.29, 1.82) is 0 Å². The molecule has 0 aliphatic carbocycles. The fraction of sp³-hybridized carbons (Fsp3) is 0.0870. The van der Waals surface area contributed by atoms with E-state index in [4.69, 9.17) is 20.8 Å². The van der Waals surface area contributed by atoms with Crippen LogP contribution in [0.3, 0.4) is 0 Å². The molecule has 3 heterocycles. The van der Waals surface area contributed by atoms with E-state index in [1.54, 1.807) is 19.4 Å². The van der Waals surface area contributed by atoms with Crippen LogP contribution in [-0.2, 0) is 6.54 Å². The van der Waals surface area contributed by atoms with E-state index < -0.39 is 0 Å². The number of fused-ring (bicyclic) bond motifs is 1.